The van der Waals surface area contributed by atoms with Gasteiger partial charge in [-0.3, -0.25) is 14.4 Å². The average molecular weight is 556 g/mol. The second-order valence-electron chi connectivity index (χ2n) is 8.53. The van der Waals surface area contributed by atoms with E-state index in [1.807, 2.05) is 49.4 Å². The highest BCUT2D eigenvalue weighted by Crippen LogP contribution is 2.22. The van der Waals surface area contributed by atoms with Crippen LogP contribution in [0.2, 0.25) is 5.02 Å². The van der Waals surface area contributed by atoms with Gasteiger partial charge in [0.25, 0.3) is 11.8 Å². The second kappa shape index (κ2) is 13.5. The summed E-state index contributed by atoms with van der Waals surface area (Å²) in [6.07, 6.45) is 1.54. The van der Waals surface area contributed by atoms with E-state index in [0.29, 0.717) is 21.8 Å². The molecule has 6 nitrogen and oxygen atoms in total. The molecular weight excluding hydrogens is 530 g/mol. The van der Waals surface area contributed by atoms with E-state index in [-0.39, 0.29) is 17.4 Å². The van der Waals surface area contributed by atoms with Gasteiger partial charge in [0.05, 0.1) is 5.75 Å². The first-order valence-electron chi connectivity index (χ1n) is 12.1. The number of hydrogen-bond acceptors (Lipinski definition) is 4. The van der Waals surface area contributed by atoms with Gasteiger partial charge in [-0.15, -0.1) is 11.8 Å². The Hall–Kier alpha value is -4.33. The van der Waals surface area contributed by atoms with Crippen LogP contribution < -0.4 is 16.0 Å². The quantitative estimate of drug-likeness (QED) is 0.157. The molecule has 0 saturated heterocycles. The normalized spacial score (nSPS) is 11.0. The summed E-state index contributed by atoms with van der Waals surface area (Å²) in [7, 11) is 0. The highest BCUT2D eigenvalue weighted by Gasteiger charge is 2.16. The van der Waals surface area contributed by atoms with E-state index in [1.165, 1.54) is 17.8 Å². The Morgan fingerprint density at radius 1 is 0.795 bits per heavy atom. The van der Waals surface area contributed by atoms with Gasteiger partial charge >= 0.3 is 0 Å². The second-order valence-corrected chi connectivity index (χ2v) is 9.99. The number of benzene rings is 4. The summed E-state index contributed by atoms with van der Waals surface area (Å²) >= 11 is 7.68. The van der Waals surface area contributed by atoms with Crippen LogP contribution in [-0.2, 0) is 9.59 Å². The molecule has 4 aromatic rings. The van der Waals surface area contributed by atoms with Crippen LogP contribution in [0.4, 0.5) is 11.4 Å². The number of rotatable bonds is 9. The van der Waals surface area contributed by atoms with Gasteiger partial charge < -0.3 is 16.0 Å². The Labute approximate surface area is 236 Å². The minimum absolute atomic E-state index is 0.0447. The summed E-state index contributed by atoms with van der Waals surface area (Å²) in [6, 6.07) is 30.4. The fraction of sp³-hybridized carbons (Fsp3) is 0.0645. The van der Waals surface area contributed by atoms with Crippen LogP contribution in [0.1, 0.15) is 21.5 Å². The molecule has 0 fully saturated rings. The van der Waals surface area contributed by atoms with Crippen molar-refractivity contribution < 1.29 is 14.4 Å². The molecule has 0 atom stereocenters. The third kappa shape index (κ3) is 8.07. The van der Waals surface area contributed by atoms with Gasteiger partial charge in [0.2, 0.25) is 5.91 Å². The molecule has 3 amide bonds. The molecule has 0 heterocycles. The van der Waals surface area contributed by atoms with Gasteiger partial charge in [-0.2, -0.15) is 0 Å². The van der Waals surface area contributed by atoms with Crippen LogP contribution in [0.25, 0.3) is 6.08 Å². The maximum absolute atomic E-state index is 13.2. The first-order valence-corrected chi connectivity index (χ1v) is 13.5. The molecule has 39 heavy (non-hydrogen) atoms. The number of carbonyl (C=O) groups is 3. The van der Waals surface area contributed by atoms with Crippen molar-refractivity contribution in [3.63, 3.8) is 0 Å². The summed E-state index contributed by atoms with van der Waals surface area (Å²) in [6.45, 7) is 1.94. The first kappa shape index (κ1) is 27.7. The molecule has 0 aliphatic rings. The zero-order chi connectivity index (χ0) is 27.6. The molecule has 0 unspecified atom stereocenters. The minimum atomic E-state index is -0.503. The number of halogens is 1. The van der Waals surface area contributed by atoms with E-state index in [2.05, 4.69) is 16.0 Å². The van der Waals surface area contributed by atoms with Gasteiger partial charge in [0, 0.05) is 26.9 Å². The predicted molar refractivity (Wildman–Crippen MR) is 159 cm³/mol. The molecule has 0 aliphatic heterocycles. The van der Waals surface area contributed by atoms with Crippen LogP contribution in [0.5, 0.6) is 0 Å². The van der Waals surface area contributed by atoms with Crippen molar-refractivity contribution >= 4 is 58.5 Å². The molecule has 0 aliphatic carbocycles. The molecular formula is C31H26ClN3O3S. The summed E-state index contributed by atoms with van der Waals surface area (Å²) in [4.78, 5) is 39.2. The molecule has 0 aromatic heterocycles. The zero-order valence-corrected chi connectivity index (χ0v) is 22.7. The third-order valence-electron chi connectivity index (χ3n) is 5.64. The van der Waals surface area contributed by atoms with Crippen molar-refractivity contribution in [2.45, 2.75) is 11.8 Å². The van der Waals surface area contributed by atoms with E-state index in [4.69, 9.17) is 11.6 Å². The summed E-state index contributed by atoms with van der Waals surface area (Å²) in [5.74, 6) is -0.775. The maximum atomic E-state index is 13.2. The SMILES string of the molecule is Cc1ccccc1NC(=O)CSc1ccc(NC(=O)/C(=C/c2ccccc2Cl)NC(=O)c2ccccc2)cc1. The van der Waals surface area contributed by atoms with Gasteiger partial charge in [0.1, 0.15) is 5.70 Å². The van der Waals surface area contributed by atoms with Crippen LogP contribution in [0.3, 0.4) is 0 Å². The minimum Gasteiger partial charge on any atom is -0.325 e. The van der Waals surface area contributed by atoms with Crippen LogP contribution >= 0.6 is 23.4 Å². The molecule has 0 spiro atoms. The Kier molecular flexibility index (Phi) is 9.56. The zero-order valence-electron chi connectivity index (χ0n) is 21.1. The van der Waals surface area contributed by atoms with Gasteiger partial charge in [0.15, 0.2) is 0 Å². The molecule has 4 aromatic carbocycles. The monoisotopic (exact) mass is 555 g/mol. The van der Waals surface area contributed by atoms with Crippen molar-refractivity contribution in [2.24, 2.45) is 0 Å². The van der Waals surface area contributed by atoms with E-state index in [1.54, 1.807) is 60.7 Å². The smallest absolute Gasteiger partial charge is 0.272 e. The number of nitrogens with one attached hydrogen (secondary N) is 3. The van der Waals surface area contributed by atoms with Crippen molar-refractivity contribution in [1.29, 1.82) is 0 Å². The maximum Gasteiger partial charge on any atom is 0.272 e. The third-order valence-corrected chi connectivity index (χ3v) is 6.99. The van der Waals surface area contributed by atoms with Crippen LogP contribution in [0, 0.1) is 6.92 Å². The Balaban J connectivity index is 1.41. The molecule has 0 saturated carbocycles. The highest BCUT2D eigenvalue weighted by atomic mass is 35.5. The molecule has 4 rings (SSSR count). The molecule has 3 N–H and O–H groups in total. The van der Waals surface area contributed by atoms with Gasteiger partial charge in [-0.05, 0) is 72.7 Å². The van der Waals surface area contributed by atoms with Crippen LogP contribution in [0.15, 0.2) is 114 Å². The lowest BCUT2D eigenvalue weighted by Gasteiger charge is -2.12. The van der Waals surface area contributed by atoms with Gasteiger partial charge in [-0.25, -0.2) is 0 Å². The average Bonchev–Trinajstić information content (AvgIpc) is 2.95. The Morgan fingerprint density at radius 2 is 1.46 bits per heavy atom. The lowest BCUT2D eigenvalue weighted by atomic mass is 10.1. The molecule has 0 bridgehead atoms. The summed E-state index contributed by atoms with van der Waals surface area (Å²) in [5.41, 5.74) is 3.38. The van der Waals surface area contributed by atoms with E-state index < -0.39 is 11.8 Å². The number of carbonyl (C=O) groups excluding carboxylic acids is 3. The topological polar surface area (TPSA) is 87.3 Å². The Morgan fingerprint density at radius 3 is 2.18 bits per heavy atom. The molecule has 8 heteroatoms. The fourth-order valence-corrected chi connectivity index (χ4v) is 4.46. The molecule has 196 valence electrons. The molecule has 0 radical (unpaired) electrons. The fourth-order valence-electron chi connectivity index (χ4n) is 3.57. The number of thioether (sulfide) groups is 1. The lowest BCUT2D eigenvalue weighted by molar-refractivity contribution is -0.114. The Bertz CT molecular complexity index is 1510. The lowest BCUT2D eigenvalue weighted by Crippen LogP contribution is -2.30. The highest BCUT2D eigenvalue weighted by molar-refractivity contribution is 8.00. The number of hydrogen-bond donors (Lipinski definition) is 3. The largest absolute Gasteiger partial charge is 0.325 e. The van der Waals surface area contributed by atoms with Crippen molar-refractivity contribution in [3.8, 4) is 0 Å². The number of anilines is 2. The van der Waals surface area contributed by atoms with Crippen molar-refractivity contribution in [3.05, 3.63) is 131 Å². The first-order chi connectivity index (χ1) is 18.9. The van der Waals surface area contributed by atoms with E-state index in [9.17, 15) is 14.4 Å². The van der Waals surface area contributed by atoms with E-state index in [0.717, 1.165) is 16.1 Å². The number of para-hydroxylation sites is 1. The standard InChI is InChI=1S/C31H26ClN3O3S/c1-21-9-5-8-14-27(21)34-29(36)20-39-25-17-15-24(16-18-25)33-31(38)28(19-23-12-6-7-13-26(23)32)35-30(37)22-10-3-2-4-11-22/h2-19H,20H2,1H3,(H,33,38)(H,34,36)(H,35,37)/b28-19-. The number of aryl methyl sites for hydroxylation is 1. The van der Waals surface area contributed by atoms with Crippen LogP contribution in [-0.4, -0.2) is 23.5 Å². The van der Waals surface area contributed by atoms with Gasteiger partial charge in [-0.1, -0.05) is 66.2 Å². The summed E-state index contributed by atoms with van der Waals surface area (Å²) in [5, 5.41) is 8.88. The van der Waals surface area contributed by atoms with Crippen molar-refractivity contribution in [2.75, 3.05) is 16.4 Å². The summed E-state index contributed by atoms with van der Waals surface area (Å²) < 4.78 is 0. The predicted octanol–water partition coefficient (Wildman–Crippen LogP) is 6.79. The van der Waals surface area contributed by atoms with Crippen molar-refractivity contribution in [1.82, 2.24) is 5.32 Å². The van der Waals surface area contributed by atoms with E-state index >= 15 is 0 Å². The number of amides is 3.